The van der Waals surface area contributed by atoms with Crippen LogP contribution in [0.2, 0.25) is 0 Å². The largest absolute Gasteiger partial charge is 0.373 e. The molecule has 0 amide bonds. The molecule has 0 aliphatic carbocycles. The van der Waals surface area contributed by atoms with E-state index in [1.54, 1.807) is 13.0 Å². The lowest BCUT2D eigenvalue weighted by molar-refractivity contribution is -0.385. The van der Waals surface area contributed by atoms with Crippen LogP contribution < -0.4 is 10.2 Å². The summed E-state index contributed by atoms with van der Waals surface area (Å²) in [6, 6.07) is 3.22. The fourth-order valence-electron chi connectivity index (χ4n) is 2.19. The first-order valence-corrected chi connectivity index (χ1v) is 6.25. The molecule has 0 radical (unpaired) electrons. The first-order valence-electron chi connectivity index (χ1n) is 6.25. The first kappa shape index (κ1) is 13.7. The van der Waals surface area contributed by atoms with Crippen molar-refractivity contribution in [1.82, 2.24) is 10.3 Å². The summed E-state index contributed by atoms with van der Waals surface area (Å²) in [7, 11) is 1.89. The first-order chi connectivity index (χ1) is 9.11. The number of nitro groups is 1. The molecule has 1 aliphatic rings. The van der Waals surface area contributed by atoms with Gasteiger partial charge in [-0.2, -0.15) is 0 Å². The number of nitrogens with one attached hydrogen (secondary N) is 1. The average Bonchev–Trinajstić information content (AvgIpc) is 2.39. The number of aromatic nitrogens is 1. The number of ether oxygens (including phenoxy) is 1. The molecule has 1 unspecified atom stereocenters. The molecule has 1 atom stereocenters. The lowest BCUT2D eigenvalue weighted by Gasteiger charge is -2.33. The Hall–Kier alpha value is -1.73. The number of morpholine rings is 1. The van der Waals surface area contributed by atoms with Gasteiger partial charge in [-0.25, -0.2) is 4.98 Å². The second-order valence-corrected chi connectivity index (χ2v) is 4.53. The molecule has 2 rings (SSSR count). The molecule has 2 heterocycles. The van der Waals surface area contributed by atoms with Gasteiger partial charge in [-0.05, 0) is 20.0 Å². The SMILES string of the molecule is CNCC1CN(c2ccc([N+](=O)[O-])c(C)n2)CCO1. The summed E-state index contributed by atoms with van der Waals surface area (Å²) in [6.45, 7) is 4.58. The summed E-state index contributed by atoms with van der Waals surface area (Å²) < 4.78 is 5.62. The fourth-order valence-corrected chi connectivity index (χ4v) is 2.19. The third-order valence-electron chi connectivity index (χ3n) is 3.13. The minimum absolute atomic E-state index is 0.0591. The van der Waals surface area contributed by atoms with Gasteiger partial charge in [0.05, 0.1) is 17.6 Å². The summed E-state index contributed by atoms with van der Waals surface area (Å²) in [5, 5.41) is 13.9. The van der Waals surface area contributed by atoms with E-state index in [2.05, 4.69) is 15.2 Å². The Labute approximate surface area is 111 Å². The number of rotatable bonds is 4. The molecule has 7 nitrogen and oxygen atoms in total. The van der Waals surface area contributed by atoms with Crippen molar-refractivity contribution >= 4 is 11.5 Å². The molecule has 104 valence electrons. The van der Waals surface area contributed by atoms with Crippen molar-refractivity contribution in [1.29, 1.82) is 0 Å². The maximum atomic E-state index is 10.8. The summed E-state index contributed by atoms with van der Waals surface area (Å²) in [6.07, 6.45) is 0.121. The quantitative estimate of drug-likeness (QED) is 0.639. The Bertz CT molecular complexity index is 464. The van der Waals surface area contributed by atoms with Crippen molar-refractivity contribution in [3.05, 3.63) is 27.9 Å². The van der Waals surface area contributed by atoms with Crippen molar-refractivity contribution in [3.63, 3.8) is 0 Å². The Morgan fingerprint density at radius 3 is 3.05 bits per heavy atom. The molecular formula is C12H18N4O3. The highest BCUT2D eigenvalue weighted by Gasteiger charge is 2.22. The van der Waals surface area contributed by atoms with Gasteiger partial charge in [0.25, 0.3) is 5.69 Å². The number of anilines is 1. The van der Waals surface area contributed by atoms with Crippen molar-refractivity contribution in [2.75, 3.05) is 38.2 Å². The van der Waals surface area contributed by atoms with Crippen LogP contribution in [0.1, 0.15) is 5.69 Å². The van der Waals surface area contributed by atoms with E-state index in [0.29, 0.717) is 12.3 Å². The number of hydrogen-bond acceptors (Lipinski definition) is 6. The van der Waals surface area contributed by atoms with Gasteiger partial charge in [0, 0.05) is 25.7 Å². The number of nitrogens with zero attached hydrogens (tertiary/aromatic N) is 3. The van der Waals surface area contributed by atoms with Gasteiger partial charge >= 0.3 is 0 Å². The van der Waals surface area contributed by atoms with Gasteiger partial charge in [0.2, 0.25) is 0 Å². The van der Waals surface area contributed by atoms with E-state index in [-0.39, 0.29) is 11.8 Å². The highest BCUT2D eigenvalue weighted by atomic mass is 16.6. The smallest absolute Gasteiger partial charge is 0.290 e. The molecule has 0 spiro atoms. The van der Waals surface area contributed by atoms with E-state index in [9.17, 15) is 10.1 Å². The minimum atomic E-state index is -0.408. The normalized spacial score (nSPS) is 19.5. The standard InChI is InChI=1S/C12H18N4O3/c1-9-11(16(17)18)3-4-12(14-9)15-5-6-19-10(8-15)7-13-2/h3-4,10,13H,5-8H2,1-2H3. The molecule has 1 saturated heterocycles. The molecule has 1 aromatic heterocycles. The second-order valence-electron chi connectivity index (χ2n) is 4.53. The third kappa shape index (κ3) is 3.18. The van der Waals surface area contributed by atoms with Crippen LogP contribution in [-0.2, 0) is 4.74 Å². The molecular weight excluding hydrogens is 248 g/mol. The van der Waals surface area contributed by atoms with Crippen LogP contribution in [0.3, 0.4) is 0 Å². The third-order valence-corrected chi connectivity index (χ3v) is 3.13. The van der Waals surface area contributed by atoms with Gasteiger partial charge in [0.1, 0.15) is 11.5 Å². The monoisotopic (exact) mass is 266 g/mol. The highest BCUT2D eigenvalue weighted by Crippen LogP contribution is 2.21. The predicted molar refractivity (Wildman–Crippen MR) is 71.5 cm³/mol. The Kier molecular flexibility index (Phi) is 4.28. The van der Waals surface area contributed by atoms with Crippen LogP contribution in [0.15, 0.2) is 12.1 Å². The fraction of sp³-hybridized carbons (Fsp3) is 0.583. The second kappa shape index (κ2) is 5.94. The summed E-state index contributed by atoms with van der Waals surface area (Å²) in [4.78, 5) is 16.8. The van der Waals surface area contributed by atoms with E-state index in [4.69, 9.17) is 4.74 Å². The topological polar surface area (TPSA) is 80.5 Å². The van der Waals surface area contributed by atoms with Gasteiger partial charge in [-0.15, -0.1) is 0 Å². The zero-order valence-corrected chi connectivity index (χ0v) is 11.1. The lowest BCUT2D eigenvalue weighted by Crippen LogP contribution is -2.46. The maximum Gasteiger partial charge on any atom is 0.290 e. The van der Waals surface area contributed by atoms with Crippen molar-refractivity contribution in [2.24, 2.45) is 0 Å². The highest BCUT2D eigenvalue weighted by molar-refractivity contribution is 5.47. The van der Waals surface area contributed by atoms with Crippen LogP contribution in [0.25, 0.3) is 0 Å². The maximum absolute atomic E-state index is 10.8. The average molecular weight is 266 g/mol. The summed E-state index contributed by atoms with van der Waals surface area (Å²) in [5.41, 5.74) is 0.503. The minimum Gasteiger partial charge on any atom is -0.373 e. The van der Waals surface area contributed by atoms with Crippen LogP contribution >= 0.6 is 0 Å². The zero-order valence-electron chi connectivity index (χ0n) is 11.1. The van der Waals surface area contributed by atoms with Crippen molar-refractivity contribution < 1.29 is 9.66 Å². The molecule has 0 saturated carbocycles. The molecule has 1 aliphatic heterocycles. The van der Waals surface area contributed by atoms with E-state index in [1.165, 1.54) is 6.07 Å². The zero-order chi connectivity index (χ0) is 13.8. The molecule has 0 bridgehead atoms. The van der Waals surface area contributed by atoms with Gasteiger partial charge in [0.15, 0.2) is 0 Å². The Balaban J connectivity index is 2.13. The summed E-state index contributed by atoms with van der Waals surface area (Å²) >= 11 is 0. The van der Waals surface area contributed by atoms with Crippen LogP contribution in [-0.4, -0.2) is 49.3 Å². The molecule has 7 heteroatoms. The van der Waals surface area contributed by atoms with Gasteiger partial charge in [-0.1, -0.05) is 0 Å². The molecule has 1 N–H and O–H groups in total. The lowest BCUT2D eigenvalue weighted by atomic mass is 10.2. The van der Waals surface area contributed by atoms with Crippen LogP contribution in [0.4, 0.5) is 11.5 Å². The van der Waals surface area contributed by atoms with E-state index in [1.807, 2.05) is 7.05 Å². The summed E-state index contributed by atoms with van der Waals surface area (Å²) in [5.74, 6) is 0.771. The number of aryl methyl sites for hydroxylation is 1. The van der Waals surface area contributed by atoms with E-state index >= 15 is 0 Å². The number of pyridine rings is 1. The number of hydrogen-bond donors (Lipinski definition) is 1. The molecule has 19 heavy (non-hydrogen) atoms. The molecule has 1 fully saturated rings. The van der Waals surface area contributed by atoms with Crippen molar-refractivity contribution in [3.8, 4) is 0 Å². The van der Waals surface area contributed by atoms with Gasteiger partial charge in [-0.3, -0.25) is 10.1 Å². The molecule has 0 aromatic carbocycles. The molecule has 1 aromatic rings. The van der Waals surface area contributed by atoms with Gasteiger partial charge < -0.3 is 15.0 Å². The predicted octanol–water partition coefficient (Wildman–Crippen LogP) is 0.723. The van der Waals surface area contributed by atoms with Crippen molar-refractivity contribution in [2.45, 2.75) is 13.0 Å². The van der Waals surface area contributed by atoms with E-state index < -0.39 is 4.92 Å². The Morgan fingerprint density at radius 2 is 2.42 bits per heavy atom. The van der Waals surface area contributed by atoms with Crippen LogP contribution in [0, 0.1) is 17.0 Å². The number of likely N-dealkylation sites (N-methyl/N-ethyl adjacent to an activating group) is 1. The Morgan fingerprint density at radius 1 is 1.63 bits per heavy atom. The van der Waals surface area contributed by atoms with E-state index in [0.717, 1.165) is 25.5 Å². The van der Waals surface area contributed by atoms with Crippen LogP contribution in [0.5, 0.6) is 0 Å².